The van der Waals surface area contributed by atoms with Gasteiger partial charge in [0.05, 0.1) is 24.4 Å². The van der Waals surface area contributed by atoms with Gasteiger partial charge in [0.2, 0.25) is 0 Å². The van der Waals surface area contributed by atoms with E-state index in [4.69, 9.17) is 0 Å². The van der Waals surface area contributed by atoms with Crippen molar-refractivity contribution >= 4 is 0 Å². The molecule has 0 aromatic carbocycles. The molecule has 0 bridgehead atoms. The summed E-state index contributed by atoms with van der Waals surface area (Å²) in [6.07, 6.45) is 14.5. The lowest BCUT2D eigenvalue weighted by Crippen LogP contribution is -2.44. The Bertz CT molecular complexity index is 516. The Morgan fingerprint density at radius 1 is 0.500 bits per heavy atom. The Kier molecular flexibility index (Phi) is 8.62. The molecular formula is C28H50O4. The number of hydrogen-bond acceptors (Lipinski definition) is 4. The van der Waals surface area contributed by atoms with Gasteiger partial charge in [0.1, 0.15) is 0 Å². The van der Waals surface area contributed by atoms with Gasteiger partial charge in [-0.3, -0.25) is 0 Å². The maximum absolute atomic E-state index is 11.0. The molecule has 0 heterocycles. The number of rotatable bonds is 5. The molecule has 4 N–H and O–H groups in total. The van der Waals surface area contributed by atoms with E-state index >= 15 is 0 Å². The Balaban J connectivity index is 1.36. The highest BCUT2D eigenvalue weighted by molar-refractivity contribution is 4.94. The van der Waals surface area contributed by atoms with Crippen LogP contribution in [0.4, 0.5) is 0 Å². The molecule has 0 aromatic heterocycles. The third-order valence-electron chi connectivity index (χ3n) is 10.3. The van der Waals surface area contributed by atoms with E-state index in [-0.39, 0.29) is 24.4 Å². The zero-order valence-electron chi connectivity index (χ0n) is 20.6. The SMILES string of the molecule is CC1CC(C2CC(C)C(O)C(CC3CCC(O)CC3)C2)CC(CC2CCC(O)CC2)C1O. The smallest absolute Gasteiger partial charge is 0.0594 e. The Hall–Kier alpha value is -0.160. The van der Waals surface area contributed by atoms with Gasteiger partial charge in [0.15, 0.2) is 0 Å². The van der Waals surface area contributed by atoms with Crippen LogP contribution in [0.5, 0.6) is 0 Å². The van der Waals surface area contributed by atoms with Crippen LogP contribution in [-0.2, 0) is 0 Å². The highest BCUT2D eigenvalue weighted by Gasteiger charge is 2.43. The van der Waals surface area contributed by atoms with Crippen molar-refractivity contribution in [2.75, 3.05) is 0 Å². The van der Waals surface area contributed by atoms with Crippen molar-refractivity contribution < 1.29 is 20.4 Å². The zero-order chi connectivity index (χ0) is 22.8. The molecule has 0 saturated heterocycles. The van der Waals surface area contributed by atoms with Gasteiger partial charge in [-0.1, -0.05) is 13.8 Å². The van der Waals surface area contributed by atoms with E-state index in [1.54, 1.807) is 0 Å². The van der Waals surface area contributed by atoms with E-state index in [2.05, 4.69) is 13.8 Å². The minimum absolute atomic E-state index is 0.103. The van der Waals surface area contributed by atoms with Crippen LogP contribution in [0.3, 0.4) is 0 Å². The molecule has 4 nitrogen and oxygen atoms in total. The molecule has 0 aliphatic heterocycles. The van der Waals surface area contributed by atoms with Crippen molar-refractivity contribution in [1.29, 1.82) is 0 Å². The van der Waals surface area contributed by atoms with E-state index in [0.717, 1.165) is 89.9 Å². The monoisotopic (exact) mass is 450 g/mol. The molecule has 4 aliphatic carbocycles. The van der Waals surface area contributed by atoms with Crippen LogP contribution in [0.1, 0.15) is 104 Å². The molecule has 0 amide bonds. The third kappa shape index (κ3) is 6.09. The highest BCUT2D eigenvalue weighted by atomic mass is 16.3. The summed E-state index contributed by atoms with van der Waals surface area (Å²) in [5.74, 6) is 4.25. The molecule has 4 heteroatoms. The van der Waals surface area contributed by atoms with Crippen LogP contribution in [0.25, 0.3) is 0 Å². The Labute approximate surface area is 196 Å². The molecule has 0 radical (unpaired) electrons. The summed E-state index contributed by atoms with van der Waals surface area (Å²) in [7, 11) is 0. The van der Waals surface area contributed by atoms with Crippen LogP contribution in [0.2, 0.25) is 0 Å². The lowest BCUT2D eigenvalue weighted by atomic mass is 9.60. The molecule has 32 heavy (non-hydrogen) atoms. The van der Waals surface area contributed by atoms with Crippen LogP contribution in [0, 0.1) is 47.3 Å². The van der Waals surface area contributed by atoms with Gasteiger partial charge in [-0.15, -0.1) is 0 Å². The Morgan fingerprint density at radius 2 is 0.844 bits per heavy atom. The topological polar surface area (TPSA) is 80.9 Å². The maximum atomic E-state index is 11.0. The van der Waals surface area contributed by atoms with Gasteiger partial charge in [-0.2, -0.15) is 0 Å². The van der Waals surface area contributed by atoms with Crippen LogP contribution in [0.15, 0.2) is 0 Å². The van der Waals surface area contributed by atoms with E-state index in [0.29, 0.717) is 47.3 Å². The van der Waals surface area contributed by atoms with Gasteiger partial charge in [-0.25, -0.2) is 0 Å². The largest absolute Gasteiger partial charge is 0.393 e. The first-order valence-corrected chi connectivity index (χ1v) is 14.0. The molecule has 0 spiro atoms. The van der Waals surface area contributed by atoms with E-state index in [9.17, 15) is 20.4 Å². The van der Waals surface area contributed by atoms with E-state index < -0.39 is 0 Å². The zero-order valence-corrected chi connectivity index (χ0v) is 20.6. The molecule has 4 aliphatic rings. The average Bonchev–Trinajstić information content (AvgIpc) is 2.77. The van der Waals surface area contributed by atoms with Crippen LogP contribution >= 0.6 is 0 Å². The number of aliphatic hydroxyl groups is 4. The summed E-state index contributed by atoms with van der Waals surface area (Å²) in [5.41, 5.74) is 0. The molecule has 4 saturated carbocycles. The lowest BCUT2D eigenvalue weighted by molar-refractivity contribution is -0.0585. The highest BCUT2D eigenvalue weighted by Crippen LogP contribution is 2.49. The van der Waals surface area contributed by atoms with Gasteiger partial charge in [-0.05, 0) is 137 Å². The predicted molar refractivity (Wildman–Crippen MR) is 128 cm³/mol. The van der Waals surface area contributed by atoms with Crippen molar-refractivity contribution in [2.24, 2.45) is 47.3 Å². The molecule has 186 valence electrons. The maximum Gasteiger partial charge on any atom is 0.0594 e. The normalized spacial score (nSPS) is 50.8. The van der Waals surface area contributed by atoms with Gasteiger partial charge >= 0.3 is 0 Å². The molecule has 4 rings (SSSR count). The number of aliphatic hydroxyl groups excluding tert-OH is 4. The summed E-state index contributed by atoms with van der Waals surface area (Å²) < 4.78 is 0. The fourth-order valence-corrected chi connectivity index (χ4v) is 8.27. The second-order valence-corrected chi connectivity index (χ2v) is 12.7. The van der Waals surface area contributed by atoms with Crippen LogP contribution < -0.4 is 0 Å². The van der Waals surface area contributed by atoms with Gasteiger partial charge < -0.3 is 20.4 Å². The first-order chi connectivity index (χ1) is 15.3. The quantitative estimate of drug-likeness (QED) is 0.479. The summed E-state index contributed by atoms with van der Waals surface area (Å²) in [6.45, 7) is 4.50. The lowest BCUT2D eigenvalue weighted by Gasteiger charge is -2.47. The first-order valence-electron chi connectivity index (χ1n) is 14.0. The summed E-state index contributed by atoms with van der Waals surface area (Å²) in [6, 6.07) is 0. The second-order valence-electron chi connectivity index (χ2n) is 12.7. The standard InChI is InChI=1S/C28H50O4/c1-17-11-21(15-23(27(17)31)13-19-3-7-25(29)8-4-19)22-12-18(2)28(32)24(16-22)14-20-5-9-26(30)10-6-20/h17-32H,3-16H2,1-2H3. The fraction of sp³-hybridized carbons (Fsp3) is 1.00. The van der Waals surface area contributed by atoms with E-state index in [1.165, 1.54) is 0 Å². The van der Waals surface area contributed by atoms with E-state index in [1.807, 2.05) is 0 Å². The molecule has 0 aromatic rings. The molecule has 4 fully saturated rings. The molecule has 8 atom stereocenters. The minimum atomic E-state index is -0.172. The van der Waals surface area contributed by atoms with Gasteiger partial charge in [0.25, 0.3) is 0 Å². The van der Waals surface area contributed by atoms with Crippen molar-refractivity contribution in [2.45, 2.75) is 128 Å². The van der Waals surface area contributed by atoms with Crippen molar-refractivity contribution in [1.82, 2.24) is 0 Å². The first kappa shape index (κ1) is 24.9. The molecule has 8 unspecified atom stereocenters. The third-order valence-corrected chi connectivity index (χ3v) is 10.3. The van der Waals surface area contributed by atoms with Crippen molar-refractivity contribution in [3.8, 4) is 0 Å². The van der Waals surface area contributed by atoms with Gasteiger partial charge in [0, 0.05) is 0 Å². The summed E-state index contributed by atoms with van der Waals surface area (Å²) >= 11 is 0. The Morgan fingerprint density at radius 3 is 1.19 bits per heavy atom. The number of hydrogen-bond donors (Lipinski definition) is 4. The summed E-state index contributed by atoms with van der Waals surface area (Å²) in [5, 5.41) is 41.7. The fourth-order valence-electron chi connectivity index (χ4n) is 8.27. The van der Waals surface area contributed by atoms with Crippen molar-refractivity contribution in [3.63, 3.8) is 0 Å². The second kappa shape index (κ2) is 11.1. The minimum Gasteiger partial charge on any atom is -0.393 e. The van der Waals surface area contributed by atoms with Crippen LogP contribution in [-0.4, -0.2) is 44.8 Å². The van der Waals surface area contributed by atoms with Crippen molar-refractivity contribution in [3.05, 3.63) is 0 Å². The summed E-state index contributed by atoms with van der Waals surface area (Å²) in [4.78, 5) is 0. The average molecular weight is 451 g/mol. The predicted octanol–water partition coefficient (Wildman–Crippen LogP) is 4.92. The molecular weight excluding hydrogens is 400 g/mol.